The van der Waals surface area contributed by atoms with E-state index in [4.69, 9.17) is 14.7 Å². The Morgan fingerprint density at radius 1 is 1.06 bits per heavy atom. The number of allylic oxidation sites excluding steroid dienone is 4. The van der Waals surface area contributed by atoms with Crippen molar-refractivity contribution in [3.63, 3.8) is 0 Å². The third-order valence-electron chi connectivity index (χ3n) is 5.69. The summed E-state index contributed by atoms with van der Waals surface area (Å²) in [6.07, 6.45) is 14.1. The van der Waals surface area contributed by atoms with E-state index in [1.165, 1.54) is 24.8 Å². The van der Waals surface area contributed by atoms with Gasteiger partial charge in [0.25, 0.3) is 0 Å². The van der Waals surface area contributed by atoms with Crippen LogP contribution in [0.2, 0.25) is 0 Å². The maximum atomic E-state index is 5.72. The van der Waals surface area contributed by atoms with Crippen molar-refractivity contribution >= 4 is 11.5 Å². The summed E-state index contributed by atoms with van der Waals surface area (Å²) in [5.74, 6) is 1.73. The van der Waals surface area contributed by atoms with Gasteiger partial charge in [0.15, 0.2) is 5.84 Å². The highest BCUT2D eigenvalue weighted by molar-refractivity contribution is 6.12. The molecule has 1 aliphatic carbocycles. The smallest absolute Gasteiger partial charge is 0.159 e. The van der Waals surface area contributed by atoms with E-state index >= 15 is 0 Å². The van der Waals surface area contributed by atoms with Gasteiger partial charge in [-0.2, -0.15) is 0 Å². The molecule has 0 spiro atoms. The van der Waals surface area contributed by atoms with Crippen LogP contribution in [0.3, 0.4) is 0 Å². The first-order valence-electron chi connectivity index (χ1n) is 11.5. The molecular weight excluding hydrogens is 392 g/mol. The zero-order valence-corrected chi connectivity index (χ0v) is 19.6. The van der Waals surface area contributed by atoms with Crippen LogP contribution in [0.4, 0.5) is 0 Å². The Balaban J connectivity index is 1.93. The molecule has 2 aromatic rings. The second kappa shape index (κ2) is 12.0. The molecule has 0 amide bonds. The van der Waals surface area contributed by atoms with Crippen LogP contribution in [0.5, 0.6) is 5.75 Å². The zero-order chi connectivity index (χ0) is 22.8. The molecule has 1 atom stereocenters. The number of unbranched alkanes of at least 4 members (excludes halogenated alkanes) is 2. The standard InChI is InChI=1S/C29H34N2O/c1-5-6-9-14-24-19-20-27(28(21-24)32-4)23(3)31-29(26-17-12-8-13-18-26)30-22(2)25-15-10-7-11-16-25/h7-8,10-13,15,17-21,25H,2,5-6,9,14,16H2,1,3-4H3/b30-29-,31-23+. The first-order chi connectivity index (χ1) is 15.6. The summed E-state index contributed by atoms with van der Waals surface area (Å²) in [6.45, 7) is 8.48. The number of nitrogens with zero attached hydrogens (tertiary/aromatic N) is 2. The van der Waals surface area contributed by atoms with Gasteiger partial charge in [-0.1, -0.05) is 87.0 Å². The van der Waals surface area contributed by atoms with Gasteiger partial charge in [0, 0.05) is 22.7 Å². The van der Waals surface area contributed by atoms with Gasteiger partial charge in [-0.3, -0.25) is 0 Å². The van der Waals surface area contributed by atoms with Gasteiger partial charge in [0.2, 0.25) is 0 Å². The van der Waals surface area contributed by atoms with Crippen molar-refractivity contribution in [3.05, 3.63) is 102 Å². The first-order valence-corrected chi connectivity index (χ1v) is 11.5. The van der Waals surface area contributed by atoms with Crippen molar-refractivity contribution in [3.8, 4) is 5.75 Å². The van der Waals surface area contributed by atoms with Crippen molar-refractivity contribution in [2.45, 2.75) is 46.0 Å². The highest BCUT2D eigenvalue weighted by Gasteiger charge is 2.13. The molecule has 1 aliphatic rings. The van der Waals surface area contributed by atoms with E-state index in [0.29, 0.717) is 5.84 Å². The molecule has 0 N–H and O–H groups in total. The summed E-state index contributed by atoms with van der Waals surface area (Å²) in [4.78, 5) is 9.82. The van der Waals surface area contributed by atoms with Gasteiger partial charge in [-0.15, -0.1) is 0 Å². The predicted molar refractivity (Wildman–Crippen MR) is 137 cm³/mol. The fraction of sp³-hybridized carbons (Fsp3) is 0.310. The molecule has 0 saturated carbocycles. The van der Waals surface area contributed by atoms with Crippen molar-refractivity contribution < 1.29 is 4.74 Å². The zero-order valence-electron chi connectivity index (χ0n) is 19.6. The summed E-state index contributed by atoms with van der Waals surface area (Å²) in [7, 11) is 1.72. The molecule has 0 fully saturated rings. The largest absolute Gasteiger partial charge is 0.496 e. The lowest BCUT2D eigenvalue weighted by Gasteiger charge is -2.14. The van der Waals surface area contributed by atoms with E-state index in [0.717, 1.165) is 41.1 Å². The Kier molecular flexibility index (Phi) is 8.79. The Morgan fingerprint density at radius 3 is 2.56 bits per heavy atom. The van der Waals surface area contributed by atoms with Crippen molar-refractivity contribution in [1.82, 2.24) is 0 Å². The quantitative estimate of drug-likeness (QED) is 0.235. The second-order valence-electron chi connectivity index (χ2n) is 8.14. The molecule has 166 valence electrons. The lowest BCUT2D eigenvalue weighted by molar-refractivity contribution is 0.413. The average molecular weight is 427 g/mol. The predicted octanol–water partition coefficient (Wildman–Crippen LogP) is 7.33. The van der Waals surface area contributed by atoms with E-state index in [1.807, 2.05) is 37.3 Å². The molecule has 1 unspecified atom stereocenters. The Hall–Kier alpha value is -3.20. The minimum Gasteiger partial charge on any atom is -0.496 e. The van der Waals surface area contributed by atoms with Gasteiger partial charge >= 0.3 is 0 Å². The van der Waals surface area contributed by atoms with Gasteiger partial charge in [-0.25, -0.2) is 9.98 Å². The number of ether oxygens (including phenoxy) is 1. The minimum absolute atomic E-state index is 0.200. The average Bonchev–Trinajstić information content (AvgIpc) is 2.84. The number of amidine groups is 1. The fourth-order valence-electron chi connectivity index (χ4n) is 3.78. The molecule has 32 heavy (non-hydrogen) atoms. The summed E-state index contributed by atoms with van der Waals surface area (Å²) < 4.78 is 5.72. The second-order valence-corrected chi connectivity index (χ2v) is 8.14. The highest BCUT2D eigenvalue weighted by Crippen LogP contribution is 2.24. The van der Waals surface area contributed by atoms with Crippen molar-refractivity contribution in [2.24, 2.45) is 15.9 Å². The lowest BCUT2D eigenvalue weighted by Crippen LogP contribution is -2.08. The first kappa shape index (κ1) is 23.5. The molecule has 3 heteroatoms. The lowest BCUT2D eigenvalue weighted by atomic mass is 9.98. The third kappa shape index (κ3) is 6.40. The van der Waals surface area contributed by atoms with Gasteiger partial charge in [-0.05, 0) is 43.9 Å². The van der Waals surface area contributed by atoms with Gasteiger partial charge in [0.05, 0.1) is 12.8 Å². The fourth-order valence-corrected chi connectivity index (χ4v) is 3.78. The van der Waals surface area contributed by atoms with Crippen LogP contribution in [0.25, 0.3) is 0 Å². The van der Waals surface area contributed by atoms with E-state index in [1.54, 1.807) is 7.11 Å². The highest BCUT2D eigenvalue weighted by atomic mass is 16.5. The summed E-state index contributed by atoms with van der Waals surface area (Å²) >= 11 is 0. The molecule has 3 rings (SSSR count). The van der Waals surface area contributed by atoms with Crippen LogP contribution in [-0.2, 0) is 6.42 Å². The Labute approximate surface area is 193 Å². The molecule has 2 aromatic carbocycles. The number of aryl methyl sites for hydroxylation is 1. The van der Waals surface area contributed by atoms with Crippen molar-refractivity contribution in [1.29, 1.82) is 0 Å². The number of hydrogen-bond donors (Lipinski definition) is 0. The maximum absolute atomic E-state index is 5.72. The molecule has 0 radical (unpaired) electrons. The molecule has 0 aliphatic heterocycles. The summed E-state index contributed by atoms with van der Waals surface area (Å²) in [6, 6.07) is 16.5. The summed E-state index contributed by atoms with van der Waals surface area (Å²) in [5, 5.41) is 0. The number of aliphatic imine (C=N–C) groups is 2. The minimum atomic E-state index is 0.200. The third-order valence-corrected chi connectivity index (χ3v) is 5.69. The number of hydrogen-bond acceptors (Lipinski definition) is 2. The Bertz CT molecular complexity index is 1030. The number of methoxy groups -OCH3 is 1. The topological polar surface area (TPSA) is 34.0 Å². The van der Waals surface area contributed by atoms with Gasteiger partial charge < -0.3 is 4.74 Å². The summed E-state index contributed by atoms with van der Waals surface area (Å²) in [5.41, 5.74) is 4.95. The SMILES string of the molecule is C=C(/N=C(\N=C(/C)c1ccc(CCCCC)cc1OC)c1ccccc1)C1C=CC=CC1. The van der Waals surface area contributed by atoms with Crippen LogP contribution in [0, 0.1) is 5.92 Å². The molecule has 0 aromatic heterocycles. The maximum Gasteiger partial charge on any atom is 0.159 e. The molecule has 0 bridgehead atoms. The normalized spacial score (nSPS) is 16.3. The molecule has 0 heterocycles. The molecular formula is C29H34N2O. The van der Waals surface area contributed by atoms with Crippen LogP contribution in [-0.4, -0.2) is 18.7 Å². The van der Waals surface area contributed by atoms with E-state index in [2.05, 4.69) is 56.0 Å². The monoisotopic (exact) mass is 426 g/mol. The van der Waals surface area contributed by atoms with Crippen LogP contribution in [0.1, 0.15) is 56.2 Å². The van der Waals surface area contributed by atoms with Gasteiger partial charge in [0.1, 0.15) is 5.75 Å². The number of rotatable bonds is 9. The van der Waals surface area contributed by atoms with Crippen LogP contribution >= 0.6 is 0 Å². The van der Waals surface area contributed by atoms with Crippen LogP contribution in [0.15, 0.2) is 95.1 Å². The van der Waals surface area contributed by atoms with E-state index in [-0.39, 0.29) is 5.92 Å². The molecule has 3 nitrogen and oxygen atoms in total. The molecule has 0 saturated heterocycles. The van der Waals surface area contributed by atoms with E-state index in [9.17, 15) is 0 Å². The van der Waals surface area contributed by atoms with Crippen LogP contribution < -0.4 is 4.74 Å². The number of benzene rings is 2. The van der Waals surface area contributed by atoms with Crippen molar-refractivity contribution in [2.75, 3.05) is 7.11 Å². The van der Waals surface area contributed by atoms with E-state index < -0.39 is 0 Å². The Morgan fingerprint density at radius 2 is 1.88 bits per heavy atom.